The number of carbonyl (C=O) groups excluding carboxylic acids is 2. The molecule has 0 saturated heterocycles. The molecule has 0 aliphatic carbocycles. The number of ketones is 1. The normalized spacial score (nSPS) is 11.9. The highest BCUT2D eigenvalue weighted by Crippen LogP contribution is 2.19. The first kappa shape index (κ1) is 28.7. The number of hydrogen-bond acceptors (Lipinski definition) is 4. The summed E-state index contributed by atoms with van der Waals surface area (Å²) in [4.78, 5) is 28.2. The highest BCUT2D eigenvalue weighted by Gasteiger charge is 2.27. The molecule has 0 aliphatic heterocycles. The molecule has 0 aromatic heterocycles. The zero-order valence-corrected chi connectivity index (χ0v) is 22.9. The van der Waals surface area contributed by atoms with E-state index in [1.54, 1.807) is 6.08 Å². The fraction of sp³-hybridized carbons (Fsp3) is 0.222. The van der Waals surface area contributed by atoms with E-state index in [9.17, 15) is 9.59 Å². The van der Waals surface area contributed by atoms with Crippen LogP contribution in [-0.2, 0) is 40.4 Å². The van der Waals surface area contributed by atoms with Crippen LogP contribution in [0.3, 0.4) is 0 Å². The lowest BCUT2D eigenvalue weighted by atomic mass is 10.0. The first-order valence-corrected chi connectivity index (χ1v) is 13.9. The molecule has 0 radical (unpaired) electrons. The van der Waals surface area contributed by atoms with Crippen LogP contribution in [-0.4, -0.2) is 22.7 Å². The second-order valence-corrected chi connectivity index (χ2v) is 9.92. The van der Waals surface area contributed by atoms with Crippen molar-refractivity contribution in [3.05, 3.63) is 156 Å². The smallest absolute Gasteiger partial charge is 0.323 e. The molecule has 4 heteroatoms. The summed E-state index contributed by atoms with van der Waals surface area (Å²) in [6, 6.07) is 39.7. The summed E-state index contributed by atoms with van der Waals surface area (Å²) in [6.45, 7) is 1.45. The second kappa shape index (κ2) is 16.0. The molecule has 0 spiro atoms. The summed E-state index contributed by atoms with van der Waals surface area (Å²) in [5, 5.41) is 0. The van der Waals surface area contributed by atoms with Gasteiger partial charge in [0.2, 0.25) is 0 Å². The van der Waals surface area contributed by atoms with Gasteiger partial charge >= 0.3 is 5.97 Å². The predicted octanol–water partition coefficient (Wildman–Crippen LogP) is 7.34. The van der Waals surface area contributed by atoms with Crippen LogP contribution in [0, 0.1) is 0 Å². The number of esters is 1. The third-order valence-electron chi connectivity index (χ3n) is 6.81. The quantitative estimate of drug-likeness (QED) is 0.119. The van der Waals surface area contributed by atoms with Crippen molar-refractivity contribution in [1.82, 2.24) is 4.90 Å². The molecule has 204 valence electrons. The highest BCUT2D eigenvalue weighted by atomic mass is 16.5. The molecule has 4 aromatic carbocycles. The average molecular weight is 532 g/mol. The summed E-state index contributed by atoms with van der Waals surface area (Å²) in [5.41, 5.74) is 4.37. The fourth-order valence-corrected chi connectivity index (χ4v) is 4.65. The van der Waals surface area contributed by atoms with E-state index in [1.807, 2.05) is 103 Å². The molecule has 0 amide bonds. The molecule has 4 aromatic rings. The maximum absolute atomic E-state index is 13.6. The van der Waals surface area contributed by atoms with Crippen LogP contribution < -0.4 is 0 Å². The Morgan fingerprint density at radius 3 is 1.65 bits per heavy atom. The van der Waals surface area contributed by atoms with E-state index < -0.39 is 6.04 Å². The van der Waals surface area contributed by atoms with Gasteiger partial charge in [0.15, 0.2) is 5.78 Å². The lowest BCUT2D eigenvalue weighted by Crippen LogP contribution is -2.41. The SMILES string of the molecule is O=C(/C=C/CC[C@@H](C(=O)OCc1ccccc1)N(Cc1ccccc1)Cc1ccccc1)CCc1ccccc1. The summed E-state index contributed by atoms with van der Waals surface area (Å²) < 4.78 is 5.84. The standard InChI is InChI=1S/C36H37NO3/c38-34(26-25-30-15-5-1-6-16-30)23-13-14-24-35(36(39)40-29-33-21-11-4-12-22-33)37(27-31-17-7-2-8-18-31)28-32-19-9-3-10-20-32/h1-13,15-23,35H,14,24-29H2/b23-13+/t35-/m0/s1. The Morgan fingerprint density at radius 1 is 0.650 bits per heavy atom. The third kappa shape index (κ3) is 9.79. The van der Waals surface area contributed by atoms with Crippen molar-refractivity contribution in [2.45, 2.75) is 51.4 Å². The molecule has 1 atom stereocenters. The predicted molar refractivity (Wildman–Crippen MR) is 160 cm³/mol. The highest BCUT2D eigenvalue weighted by molar-refractivity contribution is 5.89. The summed E-state index contributed by atoms with van der Waals surface area (Å²) in [5.74, 6) is -0.156. The van der Waals surface area contributed by atoms with E-state index in [1.165, 1.54) is 0 Å². The van der Waals surface area contributed by atoms with Gasteiger partial charge in [-0.05, 0) is 47.6 Å². The fourth-order valence-electron chi connectivity index (χ4n) is 4.65. The molecule has 0 fully saturated rings. The van der Waals surface area contributed by atoms with E-state index in [-0.39, 0.29) is 18.4 Å². The van der Waals surface area contributed by atoms with Gasteiger partial charge in [0.1, 0.15) is 12.6 Å². The van der Waals surface area contributed by atoms with Gasteiger partial charge < -0.3 is 4.74 Å². The Hall–Kier alpha value is -4.28. The summed E-state index contributed by atoms with van der Waals surface area (Å²) in [7, 11) is 0. The van der Waals surface area contributed by atoms with Gasteiger partial charge in [-0.3, -0.25) is 14.5 Å². The van der Waals surface area contributed by atoms with Gasteiger partial charge in [0.25, 0.3) is 0 Å². The number of rotatable bonds is 15. The zero-order chi connectivity index (χ0) is 27.8. The van der Waals surface area contributed by atoms with Crippen molar-refractivity contribution in [3.63, 3.8) is 0 Å². The number of nitrogens with zero attached hydrogens (tertiary/aromatic N) is 1. The molecular formula is C36H37NO3. The zero-order valence-electron chi connectivity index (χ0n) is 22.9. The molecule has 0 bridgehead atoms. The van der Waals surface area contributed by atoms with Crippen molar-refractivity contribution < 1.29 is 14.3 Å². The van der Waals surface area contributed by atoms with Gasteiger partial charge in [-0.1, -0.05) is 127 Å². The maximum atomic E-state index is 13.6. The van der Waals surface area contributed by atoms with Crippen molar-refractivity contribution in [3.8, 4) is 0 Å². The lowest BCUT2D eigenvalue weighted by molar-refractivity contribution is -0.152. The van der Waals surface area contributed by atoms with Gasteiger partial charge in [-0.25, -0.2) is 0 Å². The van der Waals surface area contributed by atoms with Crippen molar-refractivity contribution in [2.24, 2.45) is 0 Å². The van der Waals surface area contributed by atoms with E-state index in [0.29, 0.717) is 32.4 Å². The number of hydrogen-bond donors (Lipinski definition) is 0. The van der Waals surface area contributed by atoms with E-state index in [2.05, 4.69) is 29.2 Å². The Bertz CT molecular complexity index is 1280. The van der Waals surface area contributed by atoms with Gasteiger partial charge in [-0.15, -0.1) is 0 Å². The lowest BCUT2D eigenvalue weighted by Gasteiger charge is -2.30. The molecule has 0 aliphatic rings. The molecule has 40 heavy (non-hydrogen) atoms. The Labute approximate surface area is 237 Å². The minimum absolute atomic E-state index is 0.0949. The largest absolute Gasteiger partial charge is 0.460 e. The molecule has 4 nitrogen and oxygen atoms in total. The number of benzene rings is 4. The van der Waals surface area contributed by atoms with Crippen LogP contribution in [0.1, 0.15) is 41.5 Å². The number of carbonyl (C=O) groups is 2. The molecule has 0 heterocycles. The molecule has 0 N–H and O–H groups in total. The van der Waals surface area contributed by atoms with Crippen molar-refractivity contribution in [1.29, 1.82) is 0 Å². The minimum Gasteiger partial charge on any atom is -0.460 e. The Kier molecular flexibility index (Phi) is 11.5. The van der Waals surface area contributed by atoms with Crippen molar-refractivity contribution >= 4 is 11.8 Å². The minimum atomic E-state index is -0.465. The van der Waals surface area contributed by atoms with Gasteiger partial charge in [0.05, 0.1) is 0 Å². The molecule has 0 unspecified atom stereocenters. The topological polar surface area (TPSA) is 46.6 Å². The second-order valence-electron chi connectivity index (χ2n) is 9.92. The van der Waals surface area contributed by atoms with Gasteiger partial charge in [0, 0.05) is 19.5 Å². The maximum Gasteiger partial charge on any atom is 0.323 e. The van der Waals surface area contributed by atoms with E-state index in [4.69, 9.17) is 4.74 Å². The summed E-state index contributed by atoms with van der Waals surface area (Å²) >= 11 is 0. The number of ether oxygens (including phenoxy) is 1. The Balaban J connectivity index is 1.45. The first-order chi connectivity index (χ1) is 19.7. The third-order valence-corrected chi connectivity index (χ3v) is 6.81. The monoisotopic (exact) mass is 531 g/mol. The van der Waals surface area contributed by atoms with Crippen LogP contribution >= 0.6 is 0 Å². The van der Waals surface area contributed by atoms with E-state index >= 15 is 0 Å². The van der Waals surface area contributed by atoms with Crippen LogP contribution in [0.2, 0.25) is 0 Å². The van der Waals surface area contributed by atoms with Gasteiger partial charge in [-0.2, -0.15) is 0 Å². The Morgan fingerprint density at radius 2 is 1.12 bits per heavy atom. The molecular weight excluding hydrogens is 494 g/mol. The van der Waals surface area contributed by atoms with E-state index in [0.717, 1.165) is 28.7 Å². The number of allylic oxidation sites excluding steroid dienone is 2. The van der Waals surface area contributed by atoms with Crippen LogP contribution in [0.5, 0.6) is 0 Å². The number of aryl methyl sites for hydroxylation is 1. The van der Waals surface area contributed by atoms with Crippen LogP contribution in [0.15, 0.2) is 133 Å². The van der Waals surface area contributed by atoms with Crippen molar-refractivity contribution in [2.75, 3.05) is 0 Å². The summed E-state index contributed by atoms with van der Waals surface area (Å²) in [6.07, 6.45) is 5.90. The molecule has 4 rings (SSSR count). The van der Waals surface area contributed by atoms with Crippen LogP contribution in [0.4, 0.5) is 0 Å². The molecule has 0 saturated carbocycles. The first-order valence-electron chi connectivity index (χ1n) is 13.9. The average Bonchev–Trinajstić information content (AvgIpc) is 3.00. The van der Waals surface area contributed by atoms with Crippen LogP contribution in [0.25, 0.3) is 0 Å².